The number of hydrogen-bond donors (Lipinski definition) is 1. The van der Waals surface area contributed by atoms with Gasteiger partial charge in [-0.3, -0.25) is 4.98 Å². The van der Waals surface area contributed by atoms with Crippen LogP contribution in [0.2, 0.25) is 0 Å². The molecule has 2 aromatic rings. The molecule has 0 unspecified atom stereocenters. The maximum absolute atomic E-state index is 5.73. The molecule has 0 saturated heterocycles. The summed E-state index contributed by atoms with van der Waals surface area (Å²) in [6.07, 6.45) is 3.57. The molecule has 0 bridgehead atoms. The summed E-state index contributed by atoms with van der Waals surface area (Å²) in [5, 5.41) is 0. The van der Waals surface area contributed by atoms with Gasteiger partial charge >= 0.3 is 0 Å². The minimum Gasteiger partial charge on any atom is -0.486 e. The third-order valence-corrected chi connectivity index (χ3v) is 2.98. The second-order valence-corrected chi connectivity index (χ2v) is 4.10. The highest BCUT2D eigenvalue weighted by atomic mass is 16.6. The Hall–Kier alpha value is -2.07. The highest BCUT2D eigenvalue weighted by Gasteiger charge is 2.13. The van der Waals surface area contributed by atoms with Crippen LogP contribution in [0, 0.1) is 0 Å². The van der Waals surface area contributed by atoms with E-state index in [4.69, 9.17) is 15.2 Å². The molecule has 0 spiro atoms. The van der Waals surface area contributed by atoms with E-state index < -0.39 is 0 Å². The Morgan fingerprint density at radius 3 is 2.78 bits per heavy atom. The molecule has 1 aromatic heterocycles. The molecule has 0 fully saturated rings. The number of fused-ring (bicyclic) bond motifs is 1. The summed E-state index contributed by atoms with van der Waals surface area (Å²) in [7, 11) is 0. The average Bonchev–Trinajstić information content (AvgIpc) is 2.46. The van der Waals surface area contributed by atoms with E-state index in [2.05, 4.69) is 4.98 Å². The lowest BCUT2D eigenvalue weighted by atomic mass is 10.0. The molecule has 2 heterocycles. The Balaban J connectivity index is 2.06. The zero-order valence-electron chi connectivity index (χ0n) is 9.93. The molecule has 2 N–H and O–H groups in total. The quantitative estimate of drug-likeness (QED) is 0.874. The molecule has 4 heteroatoms. The van der Waals surface area contributed by atoms with Crippen molar-refractivity contribution in [2.45, 2.75) is 6.54 Å². The van der Waals surface area contributed by atoms with Crippen LogP contribution < -0.4 is 15.2 Å². The van der Waals surface area contributed by atoms with E-state index in [1.54, 1.807) is 12.4 Å². The molecule has 3 rings (SSSR count). The van der Waals surface area contributed by atoms with Crippen molar-refractivity contribution in [3.8, 4) is 22.6 Å². The Morgan fingerprint density at radius 1 is 1.11 bits per heavy atom. The first-order valence-electron chi connectivity index (χ1n) is 5.91. The van der Waals surface area contributed by atoms with Gasteiger partial charge in [-0.25, -0.2) is 0 Å². The smallest absolute Gasteiger partial charge is 0.161 e. The first-order chi connectivity index (χ1) is 8.88. The van der Waals surface area contributed by atoms with Gasteiger partial charge in [-0.05, 0) is 34.9 Å². The highest BCUT2D eigenvalue weighted by Crippen LogP contribution is 2.35. The molecule has 0 atom stereocenters. The predicted molar refractivity (Wildman–Crippen MR) is 68.6 cm³/mol. The standard InChI is InChI=1S/C14H14N2O2/c15-8-11-9-16-4-3-12(11)10-1-2-13-14(7-10)18-6-5-17-13/h1-4,7,9H,5-6,8,15H2. The molecule has 0 saturated carbocycles. The van der Waals surface area contributed by atoms with Gasteiger partial charge in [-0.15, -0.1) is 0 Å². The Bertz CT molecular complexity index is 569. The highest BCUT2D eigenvalue weighted by molar-refractivity contribution is 5.70. The fourth-order valence-electron chi connectivity index (χ4n) is 2.08. The fourth-order valence-corrected chi connectivity index (χ4v) is 2.08. The van der Waals surface area contributed by atoms with Crippen LogP contribution in [0.5, 0.6) is 11.5 Å². The topological polar surface area (TPSA) is 57.4 Å². The number of nitrogens with zero attached hydrogens (tertiary/aromatic N) is 1. The lowest BCUT2D eigenvalue weighted by Gasteiger charge is -2.19. The summed E-state index contributed by atoms with van der Waals surface area (Å²) < 4.78 is 11.1. The summed E-state index contributed by atoms with van der Waals surface area (Å²) in [6.45, 7) is 1.67. The van der Waals surface area contributed by atoms with Gasteiger partial charge in [0.05, 0.1) is 0 Å². The molecule has 1 aromatic carbocycles. The van der Waals surface area contributed by atoms with E-state index in [9.17, 15) is 0 Å². The number of ether oxygens (including phenoxy) is 2. The predicted octanol–water partition coefficient (Wildman–Crippen LogP) is 1.98. The molecular weight excluding hydrogens is 228 g/mol. The summed E-state index contributed by atoms with van der Waals surface area (Å²) in [6, 6.07) is 7.91. The second kappa shape index (κ2) is 4.66. The van der Waals surface area contributed by atoms with Gasteiger partial charge in [0.15, 0.2) is 11.5 Å². The molecule has 0 amide bonds. The van der Waals surface area contributed by atoms with Crippen molar-refractivity contribution in [1.29, 1.82) is 0 Å². The van der Waals surface area contributed by atoms with Crippen LogP contribution in [-0.2, 0) is 6.54 Å². The monoisotopic (exact) mass is 242 g/mol. The van der Waals surface area contributed by atoms with E-state index >= 15 is 0 Å². The molecular formula is C14H14N2O2. The van der Waals surface area contributed by atoms with Gasteiger partial charge in [0.2, 0.25) is 0 Å². The zero-order valence-corrected chi connectivity index (χ0v) is 9.93. The van der Waals surface area contributed by atoms with E-state index in [1.165, 1.54) is 0 Å². The Morgan fingerprint density at radius 2 is 1.94 bits per heavy atom. The van der Waals surface area contributed by atoms with Crippen molar-refractivity contribution >= 4 is 0 Å². The van der Waals surface area contributed by atoms with Crippen LogP contribution in [-0.4, -0.2) is 18.2 Å². The van der Waals surface area contributed by atoms with Crippen LogP contribution >= 0.6 is 0 Å². The van der Waals surface area contributed by atoms with Crippen LogP contribution in [0.25, 0.3) is 11.1 Å². The first-order valence-corrected chi connectivity index (χ1v) is 5.91. The van der Waals surface area contributed by atoms with Crippen molar-refractivity contribution in [2.75, 3.05) is 13.2 Å². The Kier molecular flexibility index (Phi) is 2.86. The van der Waals surface area contributed by atoms with Crippen molar-refractivity contribution in [3.63, 3.8) is 0 Å². The molecule has 4 nitrogen and oxygen atoms in total. The average molecular weight is 242 g/mol. The fraction of sp³-hybridized carbons (Fsp3) is 0.214. The zero-order chi connectivity index (χ0) is 12.4. The van der Waals surface area contributed by atoms with Crippen LogP contribution in [0.1, 0.15) is 5.56 Å². The van der Waals surface area contributed by atoms with E-state index in [0.29, 0.717) is 19.8 Å². The largest absolute Gasteiger partial charge is 0.486 e. The van der Waals surface area contributed by atoms with Crippen molar-refractivity contribution in [3.05, 3.63) is 42.2 Å². The van der Waals surface area contributed by atoms with Crippen LogP contribution in [0.3, 0.4) is 0 Å². The van der Waals surface area contributed by atoms with Crippen LogP contribution in [0.15, 0.2) is 36.7 Å². The second-order valence-electron chi connectivity index (χ2n) is 4.10. The summed E-state index contributed by atoms with van der Waals surface area (Å²) in [4.78, 5) is 4.09. The minimum absolute atomic E-state index is 0.470. The number of aromatic nitrogens is 1. The normalized spacial score (nSPS) is 13.4. The number of pyridine rings is 1. The Labute approximate surface area is 105 Å². The molecule has 92 valence electrons. The van der Waals surface area contributed by atoms with Crippen molar-refractivity contribution in [1.82, 2.24) is 4.98 Å². The van der Waals surface area contributed by atoms with Gasteiger partial charge in [0.25, 0.3) is 0 Å². The first kappa shape index (κ1) is 11.0. The van der Waals surface area contributed by atoms with E-state index in [1.807, 2.05) is 24.3 Å². The molecule has 0 aliphatic carbocycles. The van der Waals surface area contributed by atoms with E-state index in [-0.39, 0.29) is 0 Å². The lowest BCUT2D eigenvalue weighted by molar-refractivity contribution is 0.171. The lowest BCUT2D eigenvalue weighted by Crippen LogP contribution is -2.15. The third-order valence-electron chi connectivity index (χ3n) is 2.98. The molecule has 18 heavy (non-hydrogen) atoms. The number of benzene rings is 1. The summed E-state index contributed by atoms with van der Waals surface area (Å²) >= 11 is 0. The molecule has 1 aliphatic heterocycles. The van der Waals surface area contributed by atoms with Crippen molar-refractivity contribution < 1.29 is 9.47 Å². The number of rotatable bonds is 2. The molecule has 0 radical (unpaired) electrons. The van der Waals surface area contributed by atoms with Gasteiger partial charge in [0, 0.05) is 18.9 Å². The van der Waals surface area contributed by atoms with Crippen LogP contribution in [0.4, 0.5) is 0 Å². The third kappa shape index (κ3) is 1.91. The van der Waals surface area contributed by atoms with Gasteiger partial charge in [-0.2, -0.15) is 0 Å². The maximum Gasteiger partial charge on any atom is 0.161 e. The summed E-state index contributed by atoms with van der Waals surface area (Å²) in [5.41, 5.74) is 8.91. The number of nitrogens with two attached hydrogens (primary N) is 1. The van der Waals surface area contributed by atoms with Crippen molar-refractivity contribution in [2.24, 2.45) is 5.73 Å². The SMILES string of the molecule is NCc1cnccc1-c1ccc2c(c1)OCCO2. The van der Waals surface area contributed by atoms with Gasteiger partial charge in [-0.1, -0.05) is 6.07 Å². The van der Waals surface area contributed by atoms with E-state index in [0.717, 1.165) is 28.2 Å². The van der Waals surface area contributed by atoms with Gasteiger partial charge in [0.1, 0.15) is 13.2 Å². The molecule has 1 aliphatic rings. The maximum atomic E-state index is 5.73. The van der Waals surface area contributed by atoms with Gasteiger partial charge < -0.3 is 15.2 Å². The number of hydrogen-bond acceptors (Lipinski definition) is 4. The minimum atomic E-state index is 0.470. The summed E-state index contributed by atoms with van der Waals surface area (Å²) in [5.74, 6) is 1.59.